The fourth-order valence-electron chi connectivity index (χ4n) is 4.73. The molecule has 2 aromatic carbocycles. The molecule has 0 heterocycles. The molecule has 0 aliphatic heterocycles. The van der Waals surface area contributed by atoms with E-state index < -0.39 is 5.92 Å². The van der Waals surface area contributed by atoms with Crippen molar-refractivity contribution >= 4 is 11.8 Å². The van der Waals surface area contributed by atoms with Crippen molar-refractivity contribution in [2.75, 3.05) is 0 Å². The molecular formula is C24H26O3. The van der Waals surface area contributed by atoms with Crippen LogP contribution in [0, 0.1) is 5.92 Å². The summed E-state index contributed by atoms with van der Waals surface area (Å²) in [6.07, 6.45) is 5.63. The van der Waals surface area contributed by atoms with Crippen LogP contribution in [-0.2, 0) is 14.3 Å². The highest BCUT2D eigenvalue weighted by Crippen LogP contribution is 2.48. The Kier molecular flexibility index (Phi) is 5.38. The first-order chi connectivity index (χ1) is 13.2. The van der Waals surface area contributed by atoms with Crippen LogP contribution in [0.25, 0.3) is 0 Å². The summed E-state index contributed by atoms with van der Waals surface area (Å²) in [5.74, 6) is -1.14. The molecule has 2 aromatic rings. The summed E-state index contributed by atoms with van der Waals surface area (Å²) < 4.78 is 5.82. The van der Waals surface area contributed by atoms with Crippen molar-refractivity contribution in [2.45, 2.75) is 56.5 Å². The van der Waals surface area contributed by atoms with Gasteiger partial charge in [-0.15, -0.1) is 0 Å². The Balaban J connectivity index is 1.64. The Morgan fingerprint density at radius 2 is 1.41 bits per heavy atom. The summed E-state index contributed by atoms with van der Waals surface area (Å²) in [6.45, 7) is 0. The van der Waals surface area contributed by atoms with Crippen LogP contribution in [0.5, 0.6) is 0 Å². The van der Waals surface area contributed by atoms with Crippen LogP contribution in [0.3, 0.4) is 0 Å². The number of benzene rings is 2. The summed E-state index contributed by atoms with van der Waals surface area (Å²) in [4.78, 5) is 26.0. The lowest BCUT2D eigenvalue weighted by Gasteiger charge is -2.27. The minimum absolute atomic E-state index is 0.0125. The second-order valence-electron chi connectivity index (χ2n) is 7.80. The number of carbonyl (C=O) groups is 2. The third-order valence-corrected chi connectivity index (χ3v) is 6.06. The van der Waals surface area contributed by atoms with Gasteiger partial charge >= 0.3 is 5.97 Å². The maximum atomic E-state index is 13.0. The van der Waals surface area contributed by atoms with E-state index in [0.29, 0.717) is 6.42 Å². The molecule has 0 N–H and O–H groups in total. The van der Waals surface area contributed by atoms with Gasteiger partial charge in [0.1, 0.15) is 17.8 Å². The third-order valence-electron chi connectivity index (χ3n) is 6.06. The number of carbonyl (C=O) groups excluding carboxylic acids is 2. The number of hydrogen-bond donors (Lipinski definition) is 0. The highest BCUT2D eigenvalue weighted by Gasteiger charge is 2.48. The molecule has 2 aliphatic carbocycles. The van der Waals surface area contributed by atoms with Crippen molar-refractivity contribution in [1.29, 1.82) is 0 Å². The minimum atomic E-state index is -0.695. The van der Waals surface area contributed by atoms with E-state index >= 15 is 0 Å². The first-order valence-electron chi connectivity index (χ1n) is 10.1. The average Bonchev–Trinajstić information content (AvgIpc) is 3.07. The number of ether oxygens (including phenoxy) is 1. The predicted molar refractivity (Wildman–Crippen MR) is 104 cm³/mol. The smallest absolute Gasteiger partial charge is 0.317 e. The van der Waals surface area contributed by atoms with Crippen molar-refractivity contribution in [3.05, 3.63) is 71.8 Å². The minimum Gasteiger partial charge on any atom is -0.462 e. The van der Waals surface area contributed by atoms with E-state index in [4.69, 9.17) is 4.74 Å². The van der Waals surface area contributed by atoms with Gasteiger partial charge in [0.2, 0.25) is 0 Å². The molecule has 2 aliphatic rings. The van der Waals surface area contributed by atoms with Gasteiger partial charge in [0, 0.05) is 12.3 Å². The monoisotopic (exact) mass is 362 g/mol. The number of esters is 1. The summed E-state index contributed by atoms with van der Waals surface area (Å²) >= 11 is 0. The normalized spacial score (nSPS) is 26.1. The highest BCUT2D eigenvalue weighted by atomic mass is 16.5. The molecule has 140 valence electrons. The summed E-state index contributed by atoms with van der Waals surface area (Å²) in [5, 5.41) is 0. The molecule has 2 fully saturated rings. The lowest BCUT2D eigenvalue weighted by atomic mass is 9.80. The Hall–Kier alpha value is -2.42. The van der Waals surface area contributed by atoms with Crippen molar-refractivity contribution in [3.63, 3.8) is 0 Å². The van der Waals surface area contributed by atoms with Crippen molar-refractivity contribution < 1.29 is 14.3 Å². The van der Waals surface area contributed by atoms with E-state index in [0.717, 1.165) is 36.8 Å². The second kappa shape index (κ2) is 8.08. The first-order valence-corrected chi connectivity index (χ1v) is 10.1. The highest BCUT2D eigenvalue weighted by molar-refractivity contribution is 6.02. The van der Waals surface area contributed by atoms with Crippen LogP contribution in [0.1, 0.15) is 61.5 Å². The van der Waals surface area contributed by atoms with Crippen LogP contribution in [0.2, 0.25) is 0 Å². The molecular weight excluding hydrogens is 336 g/mol. The van der Waals surface area contributed by atoms with E-state index in [2.05, 4.69) is 12.1 Å². The summed E-state index contributed by atoms with van der Waals surface area (Å²) in [6, 6.07) is 20.1. The van der Waals surface area contributed by atoms with Crippen molar-refractivity contribution in [2.24, 2.45) is 5.92 Å². The predicted octanol–water partition coefficient (Wildman–Crippen LogP) is 5.02. The lowest BCUT2D eigenvalue weighted by molar-refractivity contribution is -0.157. The van der Waals surface area contributed by atoms with Gasteiger partial charge in [-0.1, -0.05) is 67.1 Å². The maximum Gasteiger partial charge on any atom is 0.317 e. The molecule has 0 spiro atoms. The van der Waals surface area contributed by atoms with Crippen LogP contribution < -0.4 is 0 Å². The van der Waals surface area contributed by atoms with Crippen LogP contribution >= 0.6 is 0 Å². The van der Waals surface area contributed by atoms with Gasteiger partial charge in [-0.2, -0.15) is 0 Å². The third kappa shape index (κ3) is 3.83. The molecule has 27 heavy (non-hydrogen) atoms. The average molecular weight is 362 g/mol. The van der Waals surface area contributed by atoms with E-state index in [-0.39, 0.29) is 29.7 Å². The van der Waals surface area contributed by atoms with Crippen LogP contribution in [0.4, 0.5) is 0 Å². The van der Waals surface area contributed by atoms with E-state index in [1.807, 2.05) is 48.5 Å². The zero-order valence-corrected chi connectivity index (χ0v) is 15.6. The van der Waals surface area contributed by atoms with Crippen molar-refractivity contribution in [1.82, 2.24) is 0 Å². The Morgan fingerprint density at radius 1 is 0.815 bits per heavy atom. The molecule has 0 amide bonds. The Labute approximate surface area is 160 Å². The molecule has 3 nitrogen and oxygen atoms in total. The first kappa shape index (κ1) is 18.0. The molecule has 3 atom stereocenters. The SMILES string of the molecule is O=C1C[C@H](c2ccccc2)[C@@H](c2ccccc2)[C@H]1C(=O)OC1CCCCC1. The number of rotatable bonds is 4. The summed E-state index contributed by atoms with van der Waals surface area (Å²) in [5.41, 5.74) is 2.16. The molecule has 0 unspecified atom stereocenters. The lowest BCUT2D eigenvalue weighted by Crippen LogP contribution is -2.31. The second-order valence-corrected chi connectivity index (χ2v) is 7.80. The molecule has 2 saturated carbocycles. The molecule has 0 aromatic heterocycles. The van der Waals surface area contributed by atoms with Gasteiger partial charge in [-0.05, 0) is 42.7 Å². The van der Waals surface area contributed by atoms with Gasteiger partial charge in [-0.25, -0.2) is 0 Å². The Morgan fingerprint density at radius 3 is 2.04 bits per heavy atom. The standard InChI is InChI=1S/C24H26O3/c25-21-16-20(17-10-4-1-5-11-17)22(18-12-6-2-7-13-18)23(21)24(26)27-19-14-8-3-9-15-19/h1-2,4-7,10-13,19-20,22-23H,3,8-9,14-16H2/t20-,22-,23+/m1/s1. The zero-order chi connectivity index (χ0) is 18.6. The number of Topliss-reactive ketones (excluding diaryl/α,β-unsaturated/α-hetero) is 1. The molecule has 0 saturated heterocycles. The fourth-order valence-corrected chi connectivity index (χ4v) is 4.73. The van der Waals surface area contributed by atoms with Gasteiger partial charge in [-0.3, -0.25) is 9.59 Å². The quantitative estimate of drug-likeness (QED) is 0.567. The molecule has 3 heteroatoms. The topological polar surface area (TPSA) is 43.4 Å². The summed E-state index contributed by atoms with van der Waals surface area (Å²) in [7, 11) is 0. The van der Waals surface area contributed by atoms with Gasteiger partial charge < -0.3 is 4.74 Å². The van der Waals surface area contributed by atoms with Gasteiger partial charge in [0.15, 0.2) is 0 Å². The number of hydrogen-bond acceptors (Lipinski definition) is 3. The van der Waals surface area contributed by atoms with E-state index in [9.17, 15) is 9.59 Å². The van der Waals surface area contributed by atoms with E-state index in [1.165, 1.54) is 6.42 Å². The Bertz CT molecular complexity index is 778. The molecule has 0 radical (unpaired) electrons. The number of ketones is 1. The van der Waals surface area contributed by atoms with Gasteiger partial charge in [0.25, 0.3) is 0 Å². The molecule has 0 bridgehead atoms. The maximum absolute atomic E-state index is 13.0. The van der Waals surface area contributed by atoms with Crippen molar-refractivity contribution in [3.8, 4) is 0 Å². The fraction of sp³-hybridized carbons (Fsp3) is 0.417. The molecule has 4 rings (SSSR count). The largest absolute Gasteiger partial charge is 0.462 e. The van der Waals surface area contributed by atoms with Gasteiger partial charge in [0.05, 0.1) is 0 Å². The zero-order valence-electron chi connectivity index (χ0n) is 15.6. The van der Waals surface area contributed by atoms with E-state index in [1.54, 1.807) is 0 Å². The van der Waals surface area contributed by atoms with Crippen LogP contribution in [0.15, 0.2) is 60.7 Å². The van der Waals surface area contributed by atoms with Crippen LogP contribution in [-0.4, -0.2) is 17.9 Å².